The lowest BCUT2D eigenvalue weighted by Gasteiger charge is -2.22. The maximum absolute atomic E-state index is 12.3. The third-order valence-corrected chi connectivity index (χ3v) is 4.50. The van der Waals surface area contributed by atoms with Crippen LogP contribution in [0, 0.1) is 0 Å². The van der Waals surface area contributed by atoms with Crippen molar-refractivity contribution in [3.63, 3.8) is 0 Å². The first kappa shape index (κ1) is 15.4. The molecule has 1 fully saturated rings. The number of hydrogen-bond donors (Lipinski definition) is 2. The van der Waals surface area contributed by atoms with Crippen LogP contribution in [0.25, 0.3) is 11.0 Å². The van der Waals surface area contributed by atoms with Gasteiger partial charge in [0.25, 0.3) is 5.56 Å². The van der Waals surface area contributed by atoms with Crippen molar-refractivity contribution in [2.75, 3.05) is 5.32 Å². The van der Waals surface area contributed by atoms with Crippen molar-refractivity contribution in [3.8, 4) is 0 Å². The Morgan fingerprint density at radius 1 is 1.26 bits per heavy atom. The van der Waals surface area contributed by atoms with E-state index in [1.807, 2.05) is 0 Å². The predicted octanol–water partition coefficient (Wildman–Crippen LogP) is -0.158. The van der Waals surface area contributed by atoms with Gasteiger partial charge >= 0.3 is 5.69 Å². The topological polar surface area (TPSA) is 112 Å². The fraction of sp³-hybridized carbons (Fsp3) is 0.467. The van der Waals surface area contributed by atoms with Gasteiger partial charge in [-0.15, -0.1) is 0 Å². The van der Waals surface area contributed by atoms with Crippen molar-refractivity contribution in [2.24, 2.45) is 19.8 Å². The molecule has 1 aliphatic carbocycles. The van der Waals surface area contributed by atoms with E-state index in [4.69, 9.17) is 5.73 Å². The number of rotatable bonds is 2. The van der Waals surface area contributed by atoms with Crippen molar-refractivity contribution in [2.45, 2.75) is 31.2 Å². The molecule has 1 saturated carbocycles. The van der Waals surface area contributed by atoms with Crippen molar-refractivity contribution >= 4 is 22.6 Å². The van der Waals surface area contributed by atoms with Crippen LogP contribution in [-0.2, 0) is 18.9 Å². The number of amides is 1. The number of aromatic nitrogens is 3. The Labute approximate surface area is 131 Å². The van der Waals surface area contributed by atoms with Crippen LogP contribution in [0.2, 0.25) is 0 Å². The normalized spacial score (nSPS) is 16.7. The number of fused-ring (bicyclic) bond motifs is 1. The second kappa shape index (κ2) is 5.31. The second-order valence-electron chi connectivity index (χ2n) is 6.12. The lowest BCUT2D eigenvalue weighted by molar-refractivity contribution is -0.121. The number of nitrogens with one attached hydrogen (secondary N) is 1. The number of carbonyl (C=O) groups excluding carboxylic acids is 1. The van der Waals surface area contributed by atoms with E-state index in [-0.39, 0.29) is 16.9 Å². The maximum Gasteiger partial charge on any atom is 0.332 e. The summed E-state index contributed by atoms with van der Waals surface area (Å²) < 4.78 is 2.31. The van der Waals surface area contributed by atoms with Crippen LogP contribution in [0.1, 0.15) is 25.7 Å². The minimum Gasteiger partial charge on any atom is -0.323 e. The highest BCUT2D eigenvalue weighted by atomic mass is 16.2. The summed E-state index contributed by atoms with van der Waals surface area (Å²) in [5.74, 6) is -0.266. The van der Waals surface area contributed by atoms with Gasteiger partial charge in [0.1, 0.15) is 5.65 Å². The molecule has 0 spiro atoms. The van der Waals surface area contributed by atoms with Gasteiger partial charge in [0.15, 0.2) is 0 Å². The molecule has 2 aromatic rings. The van der Waals surface area contributed by atoms with Gasteiger partial charge in [-0.05, 0) is 18.9 Å². The van der Waals surface area contributed by atoms with E-state index in [0.29, 0.717) is 18.5 Å². The average molecular weight is 317 g/mol. The number of nitrogens with two attached hydrogens (primary N) is 1. The quantitative estimate of drug-likeness (QED) is 0.799. The van der Waals surface area contributed by atoms with E-state index in [0.717, 1.165) is 17.4 Å². The van der Waals surface area contributed by atoms with Crippen LogP contribution < -0.4 is 22.3 Å². The Balaban J connectivity index is 2.02. The van der Waals surface area contributed by atoms with Crippen molar-refractivity contribution in [1.82, 2.24) is 14.1 Å². The van der Waals surface area contributed by atoms with Crippen molar-refractivity contribution in [1.29, 1.82) is 0 Å². The van der Waals surface area contributed by atoms with Gasteiger partial charge in [0.05, 0.1) is 22.8 Å². The molecule has 2 aromatic heterocycles. The molecule has 1 aliphatic rings. The summed E-state index contributed by atoms with van der Waals surface area (Å²) in [5, 5.41) is 3.00. The maximum atomic E-state index is 12.3. The summed E-state index contributed by atoms with van der Waals surface area (Å²) in [6.07, 6.45) is 4.59. The zero-order chi connectivity index (χ0) is 16.8. The van der Waals surface area contributed by atoms with Crippen molar-refractivity contribution in [3.05, 3.63) is 33.1 Å². The molecule has 0 atom stereocenters. The van der Waals surface area contributed by atoms with Gasteiger partial charge in [0, 0.05) is 14.1 Å². The molecule has 0 aliphatic heterocycles. The number of aryl methyl sites for hydroxylation is 1. The first-order valence-electron chi connectivity index (χ1n) is 7.49. The minimum absolute atomic E-state index is 0.266. The average Bonchev–Trinajstić information content (AvgIpc) is 2.99. The molecule has 0 aromatic carbocycles. The summed E-state index contributed by atoms with van der Waals surface area (Å²) in [4.78, 5) is 40.6. The standard InChI is InChI=1S/C15H19N5O3/c1-19-11-10(12(21)20(2)14(19)23)7-9(8-17-11)18-13(22)15(16)5-3-4-6-15/h7-8H,3-6,16H2,1-2H3,(H,18,22). The van der Waals surface area contributed by atoms with E-state index in [9.17, 15) is 14.4 Å². The molecule has 0 radical (unpaired) electrons. The summed E-state index contributed by atoms with van der Waals surface area (Å²) in [6.45, 7) is 0. The highest BCUT2D eigenvalue weighted by Gasteiger charge is 2.37. The summed E-state index contributed by atoms with van der Waals surface area (Å²) >= 11 is 0. The third kappa shape index (κ3) is 2.44. The zero-order valence-corrected chi connectivity index (χ0v) is 13.1. The summed E-state index contributed by atoms with van der Waals surface area (Å²) in [5.41, 5.74) is 5.04. The van der Waals surface area contributed by atoms with E-state index >= 15 is 0 Å². The number of hydrogen-bond acceptors (Lipinski definition) is 5. The molecule has 122 valence electrons. The fourth-order valence-electron chi connectivity index (χ4n) is 3.02. The Hall–Kier alpha value is -2.48. The van der Waals surface area contributed by atoms with Gasteiger partial charge in [-0.1, -0.05) is 12.8 Å². The Kier molecular flexibility index (Phi) is 3.56. The van der Waals surface area contributed by atoms with Gasteiger partial charge in [-0.2, -0.15) is 0 Å². The Bertz CT molecular complexity index is 906. The minimum atomic E-state index is -0.858. The van der Waals surface area contributed by atoms with Gasteiger partial charge in [-0.25, -0.2) is 9.78 Å². The van der Waals surface area contributed by atoms with Crippen LogP contribution in [0.4, 0.5) is 5.69 Å². The second-order valence-corrected chi connectivity index (χ2v) is 6.12. The van der Waals surface area contributed by atoms with Crippen LogP contribution in [-0.4, -0.2) is 25.6 Å². The summed E-state index contributed by atoms with van der Waals surface area (Å²) in [6, 6.07) is 1.53. The lowest BCUT2D eigenvalue weighted by Crippen LogP contribution is -2.48. The van der Waals surface area contributed by atoms with Gasteiger partial charge in [0.2, 0.25) is 5.91 Å². The number of nitrogens with zero attached hydrogens (tertiary/aromatic N) is 3. The smallest absolute Gasteiger partial charge is 0.323 e. The largest absolute Gasteiger partial charge is 0.332 e. The molecule has 0 bridgehead atoms. The molecule has 2 heterocycles. The fourth-order valence-corrected chi connectivity index (χ4v) is 3.02. The van der Waals surface area contributed by atoms with Crippen LogP contribution in [0.15, 0.2) is 21.9 Å². The molecular formula is C15H19N5O3. The van der Waals surface area contributed by atoms with Crippen LogP contribution in [0.3, 0.4) is 0 Å². The highest BCUT2D eigenvalue weighted by Crippen LogP contribution is 2.28. The third-order valence-electron chi connectivity index (χ3n) is 4.50. The molecule has 0 saturated heterocycles. The van der Waals surface area contributed by atoms with Gasteiger partial charge in [-0.3, -0.25) is 18.7 Å². The number of carbonyl (C=O) groups is 1. The monoisotopic (exact) mass is 317 g/mol. The summed E-state index contributed by atoms with van der Waals surface area (Å²) in [7, 11) is 2.95. The Morgan fingerprint density at radius 2 is 1.91 bits per heavy atom. The molecule has 23 heavy (non-hydrogen) atoms. The molecule has 1 amide bonds. The highest BCUT2D eigenvalue weighted by molar-refractivity contribution is 5.99. The molecular weight excluding hydrogens is 298 g/mol. The van der Waals surface area contributed by atoms with Crippen LogP contribution >= 0.6 is 0 Å². The first-order valence-corrected chi connectivity index (χ1v) is 7.49. The van der Waals surface area contributed by atoms with E-state index in [1.165, 1.54) is 23.9 Å². The molecule has 8 nitrogen and oxygen atoms in total. The van der Waals surface area contributed by atoms with Crippen LogP contribution in [0.5, 0.6) is 0 Å². The zero-order valence-electron chi connectivity index (χ0n) is 13.1. The van der Waals surface area contributed by atoms with Crippen molar-refractivity contribution < 1.29 is 4.79 Å². The molecule has 8 heteroatoms. The number of anilines is 1. The predicted molar refractivity (Wildman–Crippen MR) is 86.2 cm³/mol. The number of pyridine rings is 1. The van der Waals surface area contributed by atoms with E-state index < -0.39 is 16.8 Å². The first-order chi connectivity index (χ1) is 10.8. The van der Waals surface area contributed by atoms with Gasteiger partial charge < -0.3 is 11.1 Å². The SMILES string of the molecule is Cn1c(=O)c2cc(NC(=O)C3(N)CCCC3)cnc2n(C)c1=O. The molecule has 0 unspecified atom stereocenters. The molecule has 3 rings (SSSR count). The lowest BCUT2D eigenvalue weighted by atomic mass is 9.98. The van der Waals surface area contributed by atoms with E-state index in [2.05, 4.69) is 10.3 Å². The Morgan fingerprint density at radius 3 is 2.57 bits per heavy atom. The van der Waals surface area contributed by atoms with E-state index in [1.54, 1.807) is 7.05 Å². The molecule has 3 N–H and O–H groups in total.